The van der Waals surface area contributed by atoms with Crippen LogP contribution in [0, 0.1) is 5.92 Å². The molecule has 1 heterocycles. The number of anilines is 2. The zero-order chi connectivity index (χ0) is 18.4. The molecule has 26 heavy (non-hydrogen) atoms. The third-order valence-electron chi connectivity index (χ3n) is 4.46. The molecule has 3 nitrogen and oxygen atoms in total. The first-order valence-electron chi connectivity index (χ1n) is 7.86. The fourth-order valence-electron chi connectivity index (χ4n) is 3.12. The Morgan fingerprint density at radius 2 is 1.88 bits per heavy atom. The summed E-state index contributed by atoms with van der Waals surface area (Å²) in [6.07, 6.45) is -3.10. The molecule has 0 aromatic heterocycles. The molecular formula is C18H18BrClF3NO2. The van der Waals surface area contributed by atoms with E-state index >= 15 is 0 Å². The Bertz CT molecular complexity index is 814. The summed E-state index contributed by atoms with van der Waals surface area (Å²) < 4.78 is 39.2. The van der Waals surface area contributed by atoms with Crippen molar-refractivity contribution in [2.75, 3.05) is 11.4 Å². The van der Waals surface area contributed by atoms with Crippen LogP contribution in [0.5, 0.6) is 11.5 Å². The number of halogens is 5. The topological polar surface area (TPSA) is 43.7 Å². The minimum Gasteiger partial charge on any atom is -0.504 e. The van der Waals surface area contributed by atoms with Gasteiger partial charge in [0.2, 0.25) is 0 Å². The van der Waals surface area contributed by atoms with Crippen LogP contribution in [0.3, 0.4) is 0 Å². The van der Waals surface area contributed by atoms with Gasteiger partial charge in [0.1, 0.15) is 0 Å². The Morgan fingerprint density at radius 3 is 2.54 bits per heavy atom. The quantitative estimate of drug-likeness (QED) is 0.516. The molecule has 0 aliphatic carbocycles. The highest BCUT2D eigenvalue weighted by molar-refractivity contribution is 8.93. The van der Waals surface area contributed by atoms with Crippen molar-refractivity contribution in [2.24, 2.45) is 5.92 Å². The fourth-order valence-corrected chi connectivity index (χ4v) is 3.41. The summed E-state index contributed by atoms with van der Waals surface area (Å²) in [7, 11) is 0. The van der Waals surface area contributed by atoms with Crippen LogP contribution in [0.15, 0.2) is 30.3 Å². The number of benzene rings is 2. The van der Waals surface area contributed by atoms with Crippen LogP contribution >= 0.6 is 28.6 Å². The maximum atomic E-state index is 13.1. The number of hydrogen-bond acceptors (Lipinski definition) is 3. The smallest absolute Gasteiger partial charge is 0.416 e. The average Bonchev–Trinajstić information content (AvgIpc) is 2.71. The van der Waals surface area contributed by atoms with Gasteiger partial charge < -0.3 is 15.1 Å². The molecule has 0 spiro atoms. The maximum Gasteiger partial charge on any atom is 0.416 e. The third-order valence-corrected chi connectivity index (χ3v) is 4.86. The lowest BCUT2D eigenvalue weighted by Crippen LogP contribution is -2.23. The van der Waals surface area contributed by atoms with Gasteiger partial charge in [0.15, 0.2) is 11.5 Å². The minimum atomic E-state index is -4.44. The van der Waals surface area contributed by atoms with Gasteiger partial charge in [-0.3, -0.25) is 0 Å². The SMILES string of the molecule is Br.CC1CCc2c(cc(O)c(O)c2Cl)N(c2cccc(C(F)(F)F)c2)C1. The van der Waals surface area contributed by atoms with Crippen molar-refractivity contribution < 1.29 is 23.4 Å². The summed E-state index contributed by atoms with van der Waals surface area (Å²) in [6.45, 7) is 2.48. The molecular weight excluding hydrogens is 435 g/mol. The first kappa shape index (κ1) is 20.7. The second-order valence-corrected chi connectivity index (χ2v) is 6.74. The summed E-state index contributed by atoms with van der Waals surface area (Å²) in [6, 6.07) is 6.41. The molecule has 1 atom stereocenters. The molecule has 0 bridgehead atoms. The van der Waals surface area contributed by atoms with Crippen molar-refractivity contribution in [1.82, 2.24) is 0 Å². The Hall–Kier alpha value is -1.60. The predicted molar refractivity (Wildman–Crippen MR) is 101 cm³/mol. The summed E-state index contributed by atoms with van der Waals surface area (Å²) in [4.78, 5) is 1.72. The van der Waals surface area contributed by atoms with E-state index in [0.717, 1.165) is 18.6 Å². The van der Waals surface area contributed by atoms with Gasteiger partial charge in [0, 0.05) is 24.0 Å². The van der Waals surface area contributed by atoms with Crippen LogP contribution in [0.4, 0.5) is 24.5 Å². The number of phenols is 2. The fraction of sp³-hybridized carbons (Fsp3) is 0.333. The zero-order valence-corrected chi connectivity index (χ0v) is 16.3. The van der Waals surface area contributed by atoms with Crippen molar-refractivity contribution in [3.8, 4) is 11.5 Å². The van der Waals surface area contributed by atoms with Crippen molar-refractivity contribution in [1.29, 1.82) is 0 Å². The van der Waals surface area contributed by atoms with Crippen molar-refractivity contribution >= 4 is 40.0 Å². The largest absolute Gasteiger partial charge is 0.504 e. The first-order chi connectivity index (χ1) is 11.7. The van der Waals surface area contributed by atoms with Crippen LogP contribution < -0.4 is 4.90 Å². The van der Waals surface area contributed by atoms with Crippen molar-refractivity contribution in [2.45, 2.75) is 25.9 Å². The van der Waals surface area contributed by atoms with E-state index in [9.17, 15) is 23.4 Å². The van der Waals surface area contributed by atoms with Crippen LogP contribution in [0.25, 0.3) is 0 Å². The lowest BCUT2D eigenvalue weighted by atomic mass is 10.0. The molecule has 0 amide bonds. The summed E-state index contributed by atoms with van der Waals surface area (Å²) >= 11 is 6.18. The van der Waals surface area contributed by atoms with Gasteiger partial charge in [-0.2, -0.15) is 13.2 Å². The van der Waals surface area contributed by atoms with Gasteiger partial charge in [0.25, 0.3) is 0 Å². The van der Waals surface area contributed by atoms with Gasteiger partial charge in [-0.05, 0) is 42.5 Å². The van der Waals surface area contributed by atoms with E-state index in [-0.39, 0.29) is 27.9 Å². The predicted octanol–water partition coefficient (Wildman–Crippen LogP) is 6.07. The van der Waals surface area contributed by atoms with Gasteiger partial charge in [0.05, 0.1) is 10.6 Å². The average molecular weight is 453 g/mol. The van der Waals surface area contributed by atoms with Gasteiger partial charge in [-0.15, -0.1) is 17.0 Å². The van der Waals surface area contributed by atoms with Gasteiger partial charge in [-0.1, -0.05) is 24.6 Å². The lowest BCUT2D eigenvalue weighted by Gasteiger charge is -2.28. The molecule has 0 saturated heterocycles. The van der Waals surface area contributed by atoms with E-state index in [1.807, 2.05) is 6.92 Å². The molecule has 142 valence electrons. The number of alkyl halides is 3. The number of phenolic OH excluding ortho intramolecular Hbond substituents is 2. The number of fused-ring (bicyclic) bond motifs is 1. The van der Waals surface area contributed by atoms with E-state index in [0.29, 0.717) is 29.9 Å². The molecule has 2 aromatic rings. The lowest BCUT2D eigenvalue weighted by molar-refractivity contribution is -0.137. The molecule has 0 radical (unpaired) electrons. The van der Waals surface area contributed by atoms with E-state index in [2.05, 4.69) is 0 Å². The minimum absolute atomic E-state index is 0. The number of aromatic hydroxyl groups is 2. The van der Waals surface area contributed by atoms with E-state index < -0.39 is 23.2 Å². The monoisotopic (exact) mass is 451 g/mol. The number of nitrogens with zero attached hydrogens (tertiary/aromatic N) is 1. The Morgan fingerprint density at radius 1 is 1.19 bits per heavy atom. The molecule has 0 fully saturated rings. The first-order valence-corrected chi connectivity index (χ1v) is 8.24. The summed E-state index contributed by atoms with van der Waals surface area (Å²) in [5.41, 5.74) is 0.770. The molecule has 1 aliphatic heterocycles. The van der Waals surface area contributed by atoms with Crippen LogP contribution in [-0.4, -0.2) is 16.8 Å². The van der Waals surface area contributed by atoms with Crippen molar-refractivity contribution in [3.63, 3.8) is 0 Å². The van der Waals surface area contributed by atoms with Gasteiger partial charge in [-0.25, -0.2) is 0 Å². The highest BCUT2D eigenvalue weighted by Gasteiger charge is 2.32. The van der Waals surface area contributed by atoms with Crippen molar-refractivity contribution in [3.05, 3.63) is 46.5 Å². The molecule has 0 saturated carbocycles. The van der Waals surface area contributed by atoms with Crippen LogP contribution in [0.1, 0.15) is 24.5 Å². The number of rotatable bonds is 1. The normalized spacial score (nSPS) is 17.3. The summed E-state index contributed by atoms with van der Waals surface area (Å²) in [5.74, 6) is -0.600. The molecule has 2 aromatic carbocycles. The van der Waals surface area contributed by atoms with E-state index in [1.54, 1.807) is 11.0 Å². The second kappa shape index (κ2) is 7.56. The maximum absolute atomic E-state index is 13.1. The Balaban J connectivity index is 0.00000243. The van der Waals surface area contributed by atoms with E-state index in [1.165, 1.54) is 12.1 Å². The molecule has 3 rings (SSSR count). The molecule has 1 unspecified atom stereocenters. The molecule has 1 aliphatic rings. The highest BCUT2D eigenvalue weighted by Crippen LogP contribution is 2.46. The third kappa shape index (κ3) is 3.88. The van der Waals surface area contributed by atoms with E-state index in [4.69, 9.17) is 11.6 Å². The molecule has 2 N–H and O–H groups in total. The van der Waals surface area contributed by atoms with Crippen LogP contribution in [0.2, 0.25) is 5.02 Å². The highest BCUT2D eigenvalue weighted by atomic mass is 79.9. The Labute approximate surface area is 164 Å². The van der Waals surface area contributed by atoms with Crippen LogP contribution in [-0.2, 0) is 12.6 Å². The zero-order valence-electron chi connectivity index (χ0n) is 13.8. The standard InChI is InChI=1S/C18H17ClF3NO2.BrH/c1-10-5-6-13-14(8-15(24)17(25)16(13)19)23(9-10)12-4-2-3-11(7-12)18(20,21)22;/h2-4,7-8,10,24-25H,5-6,9H2,1H3;1H. The van der Waals surface area contributed by atoms with Gasteiger partial charge >= 0.3 is 6.18 Å². The Kier molecular flexibility index (Phi) is 6.02. The second-order valence-electron chi connectivity index (χ2n) is 6.36. The summed E-state index contributed by atoms with van der Waals surface area (Å²) in [5, 5.41) is 19.8. The number of hydrogen-bond donors (Lipinski definition) is 2. The molecule has 8 heteroatoms.